The van der Waals surface area contributed by atoms with Crippen LogP contribution in [0.2, 0.25) is 5.02 Å². The molecular formula is C18H19ClN2O4. The summed E-state index contributed by atoms with van der Waals surface area (Å²) in [7, 11) is 3.09. The highest BCUT2D eigenvalue weighted by atomic mass is 35.5. The molecule has 2 rings (SSSR count). The summed E-state index contributed by atoms with van der Waals surface area (Å²) in [6, 6.07) is 12.2. The number of halogens is 1. The second-order valence-corrected chi connectivity index (χ2v) is 5.50. The minimum atomic E-state index is -0.775. The van der Waals surface area contributed by atoms with E-state index in [2.05, 4.69) is 10.5 Å². The molecule has 6 nitrogen and oxygen atoms in total. The van der Waals surface area contributed by atoms with E-state index in [4.69, 9.17) is 25.9 Å². The van der Waals surface area contributed by atoms with Crippen molar-refractivity contribution in [1.82, 2.24) is 0 Å². The van der Waals surface area contributed by atoms with Gasteiger partial charge in [0.2, 0.25) is 6.10 Å². The molecule has 132 valence electrons. The van der Waals surface area contributed by atoms with Crippen LogP contribution in [0.5, 0.6) is 11.5 Å². The molecular weight excluding hydrogens is 344 g/mol. The fourth-order valence-electron chi connectivity index (χ4n) is 2.02. The number of oxime groups is 1. The Morgan fingerprint density at radius 3 is 2.52 bits per heavy atom. The van der Waals surface area contributed by atoms with E-state index < -0.39 is 6.10 Å². The van der Waals surface area contributed by atoms with E-state index in [0.29, 0.717) is 27.8 Å². The predicted molar refractivity (Wildman–Crippen MR) is 97.8 cm³/mol. The van der Waals surface area contributed by atoms with Crippen LogP contribution in [-0.2, 0) is 9.63 Å². The molecule has 0 heterocycles. The fraction of sp³-hybridized carbons (Fsp3) is 0.222. The van der Waals surface area contributed by atoms with Crippen molar-refractivity contribution >= 4 is 29.4 Å². The van der Waals surface area contributed by atoms with Crippen molar-refractivity contribution in [3.05, 3.63) is 53.1 Å². The number of nitrogens with one attached hydrogen (secondary N) is 1. The van der Waals surface area contributed by atoms with Crippen LogP contribution in [-0.4, -0.2) is 32.4 Å². The molecule has 0 radical (unpaired) electrons. The Balaban J connectivity index is 1.97. The van der Waals surface area contributed by atoms with Gasteiger partial charge in [-0.15, -0.1) is 0 Å². The summed E-state index contributed by atoms with van der Waals surface area (Å²) in [5.41, 5.74) is 1.30. The smallest absolute Gasteiger partial charge is 0.267 e. The number of anilines is 1. The lowest BCUT2D eigenvalue weighted by Crippen LogP contribution is -2.26. The molecule has 0 fully saturated rings. The van der Waals surface area contributed by atoms with E-state index in [1.54, 1.807) is 56.5 Å². The van der Waals surface area contributed by atoms with Crippen molar-refractivity contribution in [2.24, 2.45) is 5.16 Å². The van der Waals surface area contributed by atoms with Crippen LogP contribution in [0.1, 0.15) is 12.5 Å². The SMILES string of the molecule is COc1cccc(/C=N\O[C@@H](C)C(=O)Nc2ccc(Cl)cc2)c1OC. The molecule has 0 aromatic heterocycles. The number of carbonyl (C=O) groups excluding carboxylic acids is 1. The van der Waals surface area contributed by atoms with E-state index in [-0.39, 0.29) is 5.91 Å². The second kappa shape index (κ2) is 8.94. The van der Waals surface area contributed by atoms with Crippen molar-refractivity contribution in [3.63, 3.8) is 0 Å². The molecule has 2 aromatic carbocycles. The standard InChI is InChI=1S/C18H19ClN2O4/c1-12(18(22)21-15-9-7-14(19)8-10-15)25-20-11-13-5-4-6-16(23-2)17(13)24-3/h4-12H,1-3H3,(H,21,22)/b20-11-/t12-/m0/s1. The van der Waals surface area contributed by atoms with Gasteiger partial charge >= 0.3 is 0 Å². The van der Waals surface area contributed by atoms with Crippen molar-refractivity contribution < 1.29 is 19.1 Å². The van der Waals surface area contributed by atoms with Crippen molar-refractivity contribution in [3.8, 4) is 11.5 Å². The number of hydrogen-bond acceptors (Lipinski definition) is 5. The van der Waals surface area contributed by atoms with Gasteiger partial charge in [-0.1, -0.05) is 22.8 Å². The van der Waals surface area contributed by atoms with Gasteiger partial charge in [-0.05, 0) is 43.3 Å². The lowest BCUT2D eigenvalue weighted by atomic mass is 10.2. The van der Waals surface area contributed by atoms with Crippen LogP contribution in [0.15, 0.2) is 47.6 Å². The maximum atomic E-state index is 12.1. The zero-order chi connectivity index (χ0) is 18.2. The van der Waals surface area contributed by atoms with Gasteiger partial charge in [0, 0.05) is 16.3 Å². The molecule has 0 saturated heterocycles. The van der Waals surface area contributed by atoms with Crippen LogP contribution in [0, 0.1) is 0 Å². The molecule has 0 bridgehead atoms. The number of amides is 1. The second-order valence-electron chi connectivity index (χ2n) is 5.06. The first kappa shape index (κ1) is 18.6. The Morgan fingerprint density at radius 2 is 1.88 bits per heavy atom. The van der Waals surface area contributed by atoms with E-state index in [1.807, 2.05) is 0 Å². The number of ether oxygens (including phenoxy) is 2. The molecule has 7 heteroatoms. The first-order valence-electron chi connectivity index (χ1n) is 7.51. The number of carbonyl (C=O) groups is 1. The minimum Gasteiger partial charge on any atom is -0.493 e. The largest absolute Gasteiger partial charge is 0.493 e. The zero-order valence-electron chi connectivity index (χ0n) is 14.2. The monoisotopic (exact) mass is 362 g/mol. The first-order chi connectivity index (χ1) is 12.0. The van der Waals surface area contributed by atoms with Gasteiger partial charge in [0.1, 0.15) is 0 Å². The molecule has 25 heavy (non-hydrogen) atoms. The Hall–Kier alpha value is -2.73. The Bertz CT molecular complexity index is 747. The maximum Gasteiger partial charge on any atom is 0.267 e. The van der Waals surface area contributed by atoms with Crippen LogP contribution in [0.4, 0.5) is 5.69 Å². The Morgan fingerprint density at radius 1 is 1.16 bits per heavy atom. The molecule has 1 amide bonds. The summed E-state index contributed by atoms with van der Waals surface area (Å²) in [5, 5.41) is 7.17. The average molecular weight is 363 g/mol. The van der Waals surface area contributed by atoms with Crippen molar-refractivity contribution in [2.75, 3.05) is 19.5 Å². The lowest BCUT2D eigenvalue weighted by Gasteiger charge is -2.11. The van der Waals surface area contributed by atoms with E-state index >= 15 is 0 Å². The highest BCUT2D eigenvalue weighted by Crippen LogP contribution is 2.29. The summed E-state index contributed by atoms with van der Waals surface area (Å²) in [5.74, 6) is 0.799. The molecule has 0 aliphatic rings. The van der Waals surface area contributed by atoms with E-state index in [9.17, 15) is 4.79 Å². The normalized spacial score (nSPS) is 11.8. The molecule has 0 aliphatic carbocycles. The lowest BCUT2D eigenvalue weighted by molar-refractivity contribution is -0.126. The summed E-state index contributed by atoms with van der Waals surface area (Å²) in [6.07, 6.45) is 0.691. The van der Waals surface area contributed by atoms with Crippen molar-refractivity contribution in [2.45, 2.75) is 13.0 Å². The Labute approximate surface area is 151 Å². The molecule has 0 unspecified atom stereocenters. The number of hydrogen-bond donors (Lipinski definition) is 1. The van der Waals surface area contributed by atoms with Crippen LogP contribution < -0.4 is 14.8 Å². The number of rotatable bonds is 7. The van der Waals surface area contributed by atoms with Gasteiger partial charge in [0.25, 0.3) is 5.91 Å². The third kappa shape index (κ3) is 5.12. The molecule has 0 aliphatic heterocycles. The zero-order valence-corrected chi connectivity index (χ0v) is 14.9. The van der Waals surface area contributed by atoms with Gasteiger partial charge in [0.15, 0.2) is 11.5 Å². The van der Waals surface area contributed by atoms with E-state index in [1.165, 1.54) is 13.3 Å². The van der Waals surface area contributed by atoms with Crippen LogP contribution in [0.3, 0.4) is 0 Å². The van der Waals surface area contributed by atoms with Crippen molar-refractivity contribution in [1.29, 1.82) is 0 Å². The summed E-state index contributed by atoms with van der Waals surface area (Å²) in [4.78, 5) is 17.3. The average Bonchev–Trinajstić information content (AvgIpc) is 2.63. The minimum absolute atomic E-state index is 0.322. The molecule has 0 saturated carbocycles. The number of nitrogens with zero attached hydrogens (tertiary/aromatic N) is 1. The van der Waals surface area contributed by atoms with Gasteiger partial charge in [-0.25, -0.2) is 0 Å². The maximum absolute atomic E-state index is 12.1. The van der Waals surface area contributed by atoms with E-state index in [0.717, 1.165) is 0 Å². The predicted octanol–water partition coefficient (Wildman–Crippen LogP) is 3.73. The molecule has 1 atom stereocenters. The fourth-order valence-corrected chi connectivity index (χ4v) is 2.14. The summed E-state index contributed by atoms with van der Waals surface area (Å²) in [6.45, 7) is 1.60. The highest BCUT2D eigenvalue weighted by molar-refractivity contribution is 6.30. The molecule has 0 spiro atoms. The van der Waals surface area contributed by atoms with Gasteiger partial charge in [-0.3, -0.25) is 4.79 Å². The quantitative estimate of drug-likeness (QED) is 0.601. The van der Waals surface area contributed by atoms with Gasteiger partial charge < -0.3 is 19.6 Å². The van der Waals surface area contributed by atoms with Crippen LogP contribution in [0.25, 0.3) is 0 Å². The van der Waals surface area contributed by atoms with Crippen LogP contribution >= 0.6 is 11.6 Å². The summed E-state index contributed by atoms with van der Waals surface area (Å²) < 4.78 is 10.5. The molecule has 1 N–H and O–H groups in total. The number of para-hydroxylation sites is 1. The first-order valence-corrected chi connectivity index (χ1v) is 7.89. The van der Waals surface area contributed by atoms with Gasteiger partial charge in [-0.2, -0.15) is 0 Å². The highest BCUT2D eigenvalue weighted by Gasteiger charge is 2.14. The van der Waals surface area contributed by atoms with Gasteiger partial charge in [0.05, 0.1) is 20.4 Å². The third-order valence-corrected chi connectivity index (χ3v) is 3.58. The number of methoxy groups -OCH3 is 2. The molecule has 2 aromatic rings. The summed E-state index contributed by atoms with van der Waals surface area (Å²) >= 11 is 5.81. The Kier molecular flexibility index (Phi) is 6.65. The third-order valence-electron chi connectivity index (χ3n) is 3.33. The topological polar surface area (TPSA) is 69.2 Å². The number of benzene rings is 2.